The third-order valence-electron chi connectivity index (χ3n) is 3.36. The molecule has 3 amide bonds. The number of amides is 3. The largest absolute Gasteiger partial charge is 0.382 e. The molecule has 0 unspecified atom stereocenters. The third-order valence-corrected chi connectivity index (χ3v) is 3.58. The molecule has 0 saturated heterocycles. The average Bonchev–Trinajstić information content (AvgIpc) is 2.42. The zero-order chi connectivity index (χ0) is 17.6. The van der Waals surface area contributed by atoms with Gasteiger partial charge < -0.3 is 21.7 Å². The van der Waals surface area contributed by atoms with E-state index in [4.69, 9.17) is 5.73 Å². The van der Waals surface area contributed by atoms with Crippen LogP contribution in [0, 0.1) is 12.3 Å². The molecule has 0 radical (unpaired) electrons. The Kier molecular flexibility index (Phi) is 6.75. The van der Waals surface area contributed by atoms with Gasteiger partial charge in [-0.15, -0.1) is 0 Å². The molecule has 5 N–H and O–H groups in total. The fourth-order valence-corrected chi connectivity index (χ4v) is 2.30. The van der Waals surface area contributed by atoms with E-state index in [0.29, 0.717) is 18.0 Å². The molecule has 1 aromatic carbocycles. The standard InChI is InChI=1S/C16H26N4O2S/c1-10-6-5-7-11(12(10)18-8-9-23)19-15(22)20-13(14(17)21)16(2,3)4/h5-7,13,18,23H,8-9H2,1-4H3,(H2,17,21)(H2,19,20,22)/t13-/m1/s1. The maximum Gasteiger partial charge on any atom is 0.319 e. The molecule has 0 saturated carbocycles. The lowest BCUT2D eigenvalue weighted by molar-refractivity contribution is -0.122. The number of carbonyl (C=O) groups excluding carboxylic acids is 2. The van der Waals surface area contributed by atoms with Gasteiger partial charge in [0.05, 0.1) is 11.4 Å². The van der Waals surface area contributed by atoms with Crippen LogP contribution >= 0.6 is 12.6 Å². The van der Waals surface area contributed by atoms with Crippen LogP contribution in [0.2, 0.25) is 0 Å². The van der Waals surface area contributed by atoms with Crippen molar-refractivity contribution in [1.29, 1.82) is 0 Å². The zero-order valence-corrected chi connectivity index (χ0v) is 15.0. The fraction of sp³-hybridized carbons (Fsp3) is 0.500. The maximum atomic E-state index is 12.2. The summed E-state index contributed by atoms with van der Waals surface area (Å²) in [5, 5.41) is 8.65. The molecule has 6 nitrogen and oxygen atoms in total. The Morgan fingerprint density at radius 3 is 2.48 bits per heavy atom. The van der Waals surface area contributed by atoms with E-state index in [1.807, 2.05) is 39.8 Å². The van der Waals surface area contributed by atoms with Crippen LogP contribution in [0.1, 0.15) is 26.3 Å². The summed E-state index contributed by atoms with van der Waals surface area (Å²) in [4.78, 5) is 23.8. The summed E-state index contributed by atoms with van der Waals surface area (Å²) in [5.41, 5.74) is 7.40. The topological polar surface area (TPSA) is 96.2 Å². The highest BCUT2D eigenvalue weighted by molar-refractivity contribution is 7.80. The Morgan fingerprint density at radius 2 is 1.96 bits per heavy atom. The van der Waals surface area contributed by atoms with E-state index in [1.54, 1.807) is 6.07 Å². The summed E-state index contributed by atoms with van der Waals surface area (Å²) in [5.74, 6) is 0.110. The summed E-state index contributed by atoms with van der Waals surface area (Å²) in [6.45, 7) is 8.15. The number of rotatable bonds is 6. The molecule has 0 bridgehead atoms. The first kappa shape index (κ1) is 19.2. The van der Waals surface area contributed by atoms with E-state index in [-0.39, 0.29) is 0 Å². The molecule has 7 heteroatoms. The Balaban J connectivity index is 2.89. The quantitative estimate of drug-likeness (QED) is 0.515. The van der Waals surface area contributed by atoms with Gasteiger partial charge in [0, 0.05) is 12.3 Å². The van der Waals surface area contributed by atoms with Crippen LogP contribution in [-0.4, -0.2) is 30.3 Å². The molecule has 0 aliphatic heterocycles. The predicted octanol–water partition coefficient (Wildman–Crippen LogP) is 2.36. The van der Waals surface area contributed by atoms with Crippen LogP contribution in [0.5, 0.6) is 0 Å². The van der Waals surface area contributed by atoms with Crippen LogP contribution in [0.4, 0.5) is 16.2 Å². The summed E-state index contributed by atoms with van der Waals surface area (Å²) in [7, 11) is 0. The van der Waals surface area contributed by atoms with Gasteiger partial charge in [0.1, 0.15) is 6.04 Å². The molecular formula is C16H26N4O2S. The van der Waals surface area contributed by atoms with Crippen LogP contribution < -0.4 is 21.7 Å². The Labute approximate surface area is 143 Å². The zero-order valence-electron chi connectivity index (χ0n) is 14.1. The minimum atomic E-state index is -0.763. The van der Waals surface area contributed by atoms with E-state index in [0.717, 1.165) is 11.3 Å². The van der Waals surface area contributed by atoms with Gasteiger partial charge in [0.15, 0.2) is 0 Å². The lowest BCUT2D eigenvalue weighted by Gasteiger charge is -2.28. The second-order valence-electron chi connectivity index (χ2n) is 6.45. The number of aryl methyl sites for hydroxylation is 1. The van der Waals surface area contributed by atoms with Crippen LogP contribution in [-0.2, 0) is 4.79 Å². The number of anilines is 2. The Bertz CT molecular complexity index is 570. The average molecular weight is 338 g/mol. The van der Waals surface area contributed by atoms with Gasteiger partial charge >= 0.3 is 6.03 Å². The minimum absolute atomic E-state index is 0.469. The fourth-order valence-electron chi connectivity index (χ4n) is 2.19. The summed E-state index contributed by atoms with van der Waals surface area (Å²) in [6.07, 6.45) is 0. The van der Waals surface area contributed by atoms with Crippen molar-refractivity contribution in [2.45, 2.75) is 33.7 Å². The van der Waals surface area contributed by atoms with Crippen LogP contribution in [0.3, 0.4) is 0 Å². The van der Waals surface area contributed by atoms with Crippen LogP contribution in [0.25, 0.3) is 0 Å². The number of para-hydroxylation sites is 1. The molecule has 0 heterocycles. The molecule has 0 aliphatic carbocycles. The molecule has 0 aliphatic rings. The SMILES string of the molecule is Cc1cccc(NC(=O)N[C@H](C(N)=O)C(C)(C)C)c1NCCS. The van der Waals surface area contributed by atoms with Crippen molar-refractivity contribution in [2.24, 2.45) is 11.1 Å². The second-order valence-corrected chi connectivity index (χ2v) is 6.89. The highest BCUT2D eigenvalue weighted by Crippen LogP contribution is 2.26. The van der Waals surface area contributed by atoms with Crippen molar-refractivity contribution in [2.75, 3.05) is 22.9 Å². The summed E-state index contributed by atoms with van der Waals surface area (Å²) >= 11 is 4.18. The van der Waals surface area contributed by atoms with Gasteiger partial charge in [-0.05, 0) is 24.0 Å². The molecule has 128 valence electrons. The highest BCUT2D eigenvalue weighted by atomic mass is 32.1. The van der Waals surface area contributed by atoms with E-state index < -0.39 is 23.4 Å². The molecule has 0 fully saturated rings. The first-order valence-electron chi connectivity index (χ1n) is 7.48. The first-order valence-corrected chi connectivity index (χ1v) is 8.11. The molecule has 1 atom stereocenters. The van der Waals surface area contributed by atoms with Gasteiger partial charge in [-0.1, -0.05) is 32.9 Å². The predicted molar refractivity (Wildman–Crippen MR) is 98.1 cm³/mol. The van der Waals surface area contributed by atoms with Gasteiger partial charge in [-0.3, -0.25) is 4.79 Å². The number of urea groups is 1. The van der Waals surface area contributed by atoms with E-state index in [2.05, 4.69) is 28.6 Å². The number of benzene rings is 1. The third kappa shape index (κ3) is 5.67. The normalized spacial score (nSPS) is 12.4. The van der Waals surface area contributed by atoms with Gasteiger partial charge in [0.2, 0.25) is 5.91 Å². The van der Waals surface area contributed by atoms with Gasteiger partial charge in [0.25, 0.3) is 0 Å². The van der Waals surface area contributed by atoms with E-state index in [9.17, 15) is 9.59 Å². The summed E-state index contributed by atoms with van der Waals surface area (Å²) < 4.78 is 0. The molecular weight excluding hydrogens is 312 g/mol. The number of hydrogen-bond donors (Lipinski definition) is 5. The number of carbonyl (C=O) groups is 2. The van der Waals surface area contributed by atoms with Gasteiger partial charge in [-0.25, -0.2) is 4.79 Å². The maximum absolute atomic E-state index is 12.2. The number of hydrogen-bond acceptors (Lipinski definition) is 4. The molecule has 0 aromatic heterocycles. The number of primary amides is 1. The second kappa shape index (κ2) is 8.10. The molecule has 1 aromatic rings. The highest BCUT2D eigenvalue weighted by Gasteiger charge is 2.31. The van der Waals surface area contributed by atoms with Crippen molar-refractivity contribution >= 4 is 35.9 Å². The lowest BCUT2D eigenvalue weighted by atomic mass is 9.86. The molecule has 0 spiro atoms. The number of nitrogens with one attached hydrogen (secondary N) is 3. The number of thiol groups is 1. The summed E-state index contributed by atoms with van der Waals surface area (Å²) in [6, 6.07) is 4.37. The van der Waals surface area contributed by atoms with Crippen molar-refractivity contribution in [3.63, 3.8) is 0 Å². The van der Waals surface area contributed by atoms with Crippen LogP contribution in [0.15, 0.2) is 18.2 Å². The minimum Gasteiger partial charge on any atom is -0.382 e. The lowest BCUT2D eigenvalue weighted by Crippen LogP contribution is -2.53. The Hall–Kier alpha value is -1.89. The van der Waals surface area contributed by atoms with E-state index >= 15 is 0 Å². The van der Waals surface area contributed by atoms with Crippen molar-refractivity contribution in [3.8, 4) is 0 Å². The smallest absolute Gasteiger partial charge is 0.319 e. The van der Waals surface area contributed by atoms with E-state index in [1.165, 1.54) is 0 Å². The van der Waals surface area contributed by atoms with Gasteiger partial charge in [-0.2, -0.15) is 12.6 Å². The molecule has 1 rings (SSSR count). The first-order chi connectivity index (χ1) is 10.7. The monoisotopic (exact) mass is 338 g/mol. The van der Waals surface area contributed by atoms with Crippen molar-refractivity contribution < 1.29 is 9.59 Å². The molecule has 23 heavy (non-hydrogen) atoms. The van der Waals surface area contributed by atoms with Crippen molar-refractivity contribution in [1.82, 2.24) is 5.32 Å². The van der Waals surface area contributed by atoms with Crippen molar-refractivity contribution in [3.05, 3.63) is 23.8 Å². The number of nitrogens with two attached hydrogens (primary N) is 1. The Morgan fingerprint density at radius 1 is 1.30 bits per heavy atom.